The van der Waals surface area contributed by atoms with Crippen molar-refractivity contribution in [3.63, 3.8) is 0 Å². The molecule has 2 heterocycles. The molecule has 3 aliphatic rings. The van der Waals surface area contributed by atoms with Crippen LogP contribution in [-0.2, 0) is 0 Å². The van der Waals surface area contributed by atoms with Crippen molar-refractivity contribution in [1.82, 2.24) is 4.57 Å². The summed E-state index contributed by atoms with van der Waals surface area (Å²) >= 11 is 0. The maximum absolute atomic E-state index is 2.63. The molecule has 0 saturated carbocycles. The fourth-order valence-corrected chi connectivity index (χ4v) is 5.95. The van der Waals surface area contributed by atoms with Gasteiger partial charge in [-0.2, -0.15) is 0 Å². The Balaban J connectivity index is 1.55. The Labute approximate surface area is 188 Å². The highest BCUT2D eigenvalue weighted by molar-refractivity contribution is 5.94. The first-order chi connectivity index (χ1) is 15.9. The molecule has 32 heavy (non-hydrogen) atoms. The van der Waals surface area contributed by atoms with E-state index in [4.69, 9.17) is 0 Å². The molecule has 0 amide bonds. The zero-order valence-electron chi connectivity index (χ0n) is 17.9. The van der Waals surface area contributed by atoms with Crippen LogP contribution in [0.2, 0.25) is 0 Å². The normalized spacial score (nSPS) is 21.1. The van der Waals surface area contributed by atoms with Crippen LogP contribution in [0.5, 0.6) is 0 Å². The maximum atomic E-state index is 2.63. The van der Waals surface area contributed by atoms with Crippen molar-refractivity contribution in [2.24, 2.45) is 5.92 Å². The van der Waals surface area contributed by atoms with Crippen LogP contribution in [0.3, 0.4) is 0 Å². The number of allylic oxidation sites excluding steroid dienone is 3. The van der Waals surface area contributed by atoms with Crippen LogP contribution in [0.25, 0.3) is 22.7 Å². The Morgan fingerprint density at radius 1 is 0.719 bits per heavy atom. The van der Waals surface area contributed by atoms with Crippen molar-refractivity contribution in [3.8, 4) is 5.69 Å². The zero-order valence-corrected chi connectivity index (χ0v) is 17.9. The predicted octanol–water partition coefficient (Wildman–Crippen LogP) is 7.44. The molecule has 2 heteroatoms. The van der Waals surface area contributed by atoms with Gasteiger partial charge in [0.1, 0.15) is 0 Å². The van der Waals surface area contributed by atoms with Crippen molar-refractivity contribution < 1.29 is 0 Å². The third-order valence-electron chi connectivity index (χ3n) is 7.20. The van der Waals surface area contributed by atoms with Gasteiger partial charge in [-0.05, 0) is 48.7 Å². The van der Waals surface area contributed by atoms with Gasteiger partial charge in [0, 0.05) is 33.9 Å². The van der Waals surface area contributed by atoms with Crippen molar-refractivity contribution in [2.75, 3.05) is 4.90 Å². The molecule has 0 spiro atoms. The van der Waals surface area contributed by atoms with Crippen molar-refractivity contribution >= 4 is 22.7 Å². The van der Waals surface area contributed by atoms with E-state index in [2.05, 4.69) is 119 Å². The lowest BCUT2D eigenvalue weighted by atomic mass is 9.84. The summed E-state index contributed by atoms with van der Waals surface area (Å²) in [7, 11) is 0. The minimum Gasteiger partial charge on any atom is -0.335 e. The van der Waals surface area contributed by atoms with Gasteiger partial charge in [-0.25, -0.2) is 0 Å². The van der Waals surface area contributed by atoms with Crippen LogP contribution in [0.4, 0.5) is 5.69 Å². The summed E-state index contributed by atoms with van der Waals surface area (Å²) in [6.45, 7) is 0. The average Bonchev–Trinajstić information content (AvgIpc) is 3.38. The van der Waals surface area contributed by atoms with E-state index >= 15 is 0 Å². The van der Waals surface area contributed by atoms with Gasteiger partial charge in [-0.3, -0.25) is 0 Å². The Morgan fingerprint density at radius 2 is 1.44 bits per heavy atom. The first-order valence-corrected chi connectivity index (χ1v) is 11.5. The summed E-state index contributed by atoms with van der Waals surface area (Å²) in [5.74, 6) is 0.362. The smallest absolute Gasteiger partial charge is 0.0853 e. The first kappa shape index (κ1) is 17.9. The summed E-state index contributed by atoms with van der Waals surface area (Å²) in [6.07, 6.45) is 11.8. The van der Waals surface area contributed by atoms with Gasteiger partial charge in [-0.15, -0.1) is 0 Å². The standard InChI is InChI=1S/C30H24N2/c1-3-11-21(12-4-1)31-27-17-9-7-15-23(27)25-19-20-26-24-16-8-10-18-28(24)32(30(26)29(25)31)22-13-5-2-6-14-22/h1-9,11-17,19-20,26,30H,10,18H2. The van der Waals surface area contributed by atoms with Crippen LogP contribution in [0.1, 0.15) is 30.1 Å². The molecule has 0 radical (unpaired) electrons. The largest absolute Gasteiger partial charge is 0.335 e. The van der Waals surface area contributed by atoms with E-state index in [1.807, 2.05) is 0 Å². The van der Waals surface area contributed by atoms with Crippen molar-refractivity contribution in [2.45, 2.75) is 18.9 Å². The summed E-state index contributed by atoms with van der Waals surface area (Å²) in [5.41, 5.74) is 9.52. The second kappa shape index (κ2) is 6.86. The maximum Gasteiger partial charge on any atom is 0.0853 e. The van der Waals surface area contributed by atoms with E-state index in [1.54, 1.807) is 0 Å². The van der Waals surface area contributed by atoms with E-state index in [-0.39, 0.29) is 6.04 Å². The number of nitrogens with zero attached hydrogens (tertiary/aromatic N) is 2. The first-order valence-electron chi connectivity index (χ1n) is 11.5. The molecule has 154 valence electrons. The molecular formula is C30H24N2. The van der Waals surface area contributed by atoms with E-state index in [0.717, 1.165) is 12.8 Å². The molecule has 1 aromatic heterocycles. The van der Waals surface area contributed by atoms with Crippen LogP contribution in [0.15, 0.2) is 114 Å². The highest BCUT2D eigenvalue weighted by atomic mass is 15.2. The second-order valence-corrected chi connectivity index (χ2v) is 8.87. The quantitative estimate of drug-likeness (QED) is 0.332. The summed E-state index contributed by atoms with van der Waals surface area (Å²) in [6, 6.07) is 30.9. The molecule has 4 aromatic rings. The number of hydrogen-bond acceptors (Lipinski definition) is 1. The molecule has 2 atom stereocenters. The Bertz CT molecular complexity index is 1420. The van der Waals surface area contributed by atoms with Gasteiger partial charge < -0.3 is 9.47 Å². The summed E-state index contributed by atoms with van der Waals surface area (Å²) < 4.78 is 2.50. The average molecular weight is 413 g/mol. The number of benzene rings is 3. The van der Waals surface area contributed by atoms with Crippen LogP contribution in [0, 0.1) is 5.92 Å². The third kappa shape index (κ3) is 2.41. The van der Waals surface area contributed by atoms with Crippen LogP contribution >= 0.6 is 0 Å². The molecule has 3 aromatic carbocycles. The molecule has 0 N–H and O–H groups in total. The van der Waals surface area contributed by atoms with E-state index in [9.17, 15) is 0 Å². The lowest BCUT2D eigenvalue weighted by Gasteiger charge is -2.35. The fourth-order valence-electron chi connectivity index (χ4n) is 5.95. The monoisotopic (exact) mass is 412 g/mol. The Morgan fingerprint density at radius 3 is 2.25 bits per heavy atom. The predicted molar refractivity (Wildman–Crippen MR) is 133 cm³/mol. The molecule has 2 unspecified atom stereocenters. The number of para-hydroxylation sites is 3. The number of aromatic nitrogens is 1. The minimum atomic E-state index is 0.248. The third-order valence-corrected chi connectivity index (χ3v) is 7.20. The lowest BCUT2D eigenvalue weighted by Crippen LogP contribution is -2.29. The minimum absolute atomic E-state index is 0.248. The summed E-state index contributed by atoms with van der Waals surface area (Å²) in [4.78, 5) is 2.63. The topological polar surface area (TPSA) is 8.17 Å². The molecule has 2 nitrogen and oxygen atoms in total. The fraction of sp³-hybridized carbons (Fsp3) is 0.133. The molecule has 2 aliphatic carbocycles. The van der Waals surface area contributed by atoms with Gasteiger partial charge >= 0.3 is 0 Å². The molecule has 0 bridgehead atoms. The molecule has 0 saturated heterocycles. The van der Waals surface area contributed by atoms with Gasteiger partial charge in [0.25, 0.3) is 0 Å². The van der Waals surface area contributed by atoms with E-state index < -0.39 is 0 Å². The van der Waals surface area contributed by atoms with E-state index in [0.29, 0.717) is 5.92 Å². The second-order valence-electron chi connectivity index (χ2n) is 8.87. The lowest BCUT2D eigenvalue weighted by molar-refractivity contribution is 0.586. The number of anilines is 1. The van der Waals surface area contributed by atoms with Gasteiger partial charge in [0.05, 0.1) is 17.3 Å². The molecular weight excluding hydrogens is 388 g/mol. The van der Waals surface area contributed by atoms with Crippen molar-refractivity contribution in [1.29, 1.82) is 0 Å². The number of rotatable bonds is 2. The molecule has 7 rings (SSSR count). The Kier molecular flexibility index (Phi) is 3.83. The van der Waals surface area contributed by atoms with Gasteiger partial charge in [0.15, 0.2) is 0 Å². The molecule has 1 aliphatic heterocycles. The van der Waals surface area contributed by atoms with Crippen LogP contribution < -0.4 is 4.90 Å². The number of hydrogen-bond donors (Lipinski definition) is 0. The molecule has 0 fully saturated rings. The van der Waals surface area contributed by atoms with Crippen LogP contribution in [-0.4, -0.2) is 4.57 Å². The highest BCUT2D eigenvalue weighted by Gasteiger charge is 2.45. The Hall–Kier alpha value is -3.78. The zero-order chi connectivity index (χ0) is 21.1. The summed E-state index contributed by atoms with van der Waals surface area (Å²) in [5, 5.41) is 1.33. The van der Waals surface area contributed by atoms with Gasteiger partial charge in [0.2, 0.25) is 0 Å². The highest BCUT2D eigenvalue weighted by Crippen LogP contribution is 2.54. The van der Waals surface area contributed by atoms with Crippen molar-refractivity contribution in [3.05, 3.63) is 126 Å². The SMILES string of the molecule is C1=CC2=C(CC1)N(c1ccccc1)C1c3c(c4ccccc4n3-c3ccccc3)C=CC21. The number of fused-ring (bicyclic) bond motifs is 6. The van der Waals surface area contributed by atoms with E-state index in [1.165, 1.54) is 44.8 Å². The van der Waals surface area contributed by atoms with Gasteiger partial charge in [-0.1, -0.05) is 78.9 Å².